The smallest absolute Gasteiger partial charge is 0.257 e. The predicted octanol–water partition coefficient (Wildman–Crippen LogP) is 2.38. The molecule has 138 valence electrons. The highest BCUT2D eigenvalue weighted by Gasteiger charge is 2.32. The van der Waals surface area contributed by atoms with E-state index in [2.05, 4.69) is 15.4 Å². The van der Waals surface area contributed by atoms with Crippen molar-refractivity contribution in [2.45, 2.75) is 31.9 Å². The minimum absolute atomic E-state index is 0.0114. The summed E-state index contributed by atoms with van der Waals surface area (Å²) in [5.74, 6) is -0.157. The Labute approximate surface area is 151 Å². The van der Waals surface area contributed by atoms with E-state index in [0.29, 0.717) is 35.2 Å². The Kier molecular flexibility index (Phi) is 4.74. The topological polar surface area (TPSA) is 67.6 Å². The van der Waals surface area contributed by atoms with E-state index in [4.69, 9.17) is 9.26 Å². The van der Waals surface area contributed by atoms with Gasteiger partial charge in [0, 0.05) is 24.7 Å². The first-order valence-electron chi connectivity index (χ1n) is 8.98. The molecule has 1 aromatic heterocycles. The van der Waals surface area contributed by atoms with Gasteiger partial charge in [0.05, 0.1) is 12.7 Å². The molecule has 2 aromatic rings. The molecule has 2 atom stereocenters. The van der Waals surface area contributed by atoms with Gasteiger partial charge in [0.1, 0.15) is 22.8 Å². The molecule has 1 aromatic carbocycles. The zero-order valence-corrected chi connectivity index (χ0v) is 14.7. The van der Waals surface area contributed by atoms with E-state index in [9.17, 15) is 9.18 Å². The fraction of sp³-hybridized carbons (Fsp3) is 0.474. The van der Waals surface area contributed by atoms with Gasteiger partial charge in [0.2, 0.25) is 0 Å². The van der Waals surface area contributed by atoms with Crippen molar-refractivity contribution >= 4 is 5.91 Å². The quantitative estimate of drug-likeness (QED) is 0.908. The van der Waals surface area contributed by atoms with Crippen molar-refractivity contribution in [1.29, 1.82) is 0 Å². The fourth-order valence-electron chi connectivity index (χ4n) is 3.75. The van der Waals surface area contributed by atoms with Gasteiger partial charge in [0.25, 0.3) is 5.91 Å². The van der Waals surface area contributed by atoms with Crippen molar-refractivity contribution in [2.75, 3.05) is 26.2 Å². The van der Waals surface area contributed by atoms with Crippen LogP contribution in [0, 0.1) is 12.7 Å². The van der Waals surface area contributed by atoms with Crippen LogP contribution < -0.4 is 5.32 Å². The van der Waals surface area contributed by atoms with Crippen LogP contribution in [0.3, 0.4) is 0 Å². The van der Waals surface area contributed by atoms with Crippen LogP contribution in [0.1, 0.15) is 29.0 Å². The van der Waals surface area contributed by atoms with Gasteiger partial charge in [-0.05, 0) is 50.6 Å². The van der Waals surface area contributed by atoms with Crippen molar-refractivity contribution < 1.29 is 18.4 Å². The fourth-order valence-corrected chi connectivity index (χ4v) is 3.75. The number of benzene rings is 1. The van der Waals surface area contributed by atoms with Crippen LogP contribution >= 0.6 is 0 Å². The van der Waals surface area contributed by atoms with Crippen LogP contribution in [-0.2, 0) is 4.74 Å². The molecule has 2 aliphatic rings. The lowest BCUT2D eigenvalue weighted by Crippen LogP contribution is -2.50. The van der Waals surface area contributed by atoms with Gasteiger partial charge >= 0.3 is 0 Å². The first-order chi connectivity index (χ1) is 12.6. The van der Waals surface area contributed by atoms with E-state index in [1.165, 1.54) is 25.0 Å². The SMILES string of the molecule is Cc1onc(-c2ccc(F)cc2)c1C(=O)NC[C@H]1CN2CCC[C@@H]2CO1. The number of carbonyl (C=O) groups excluding carboxylic acids is 1. The minimum Gasteiger partial charge on any atom is -0.373 e. The van der Waals surface area contributed by atoms with Crippen molar-refractivity contribution in [3.8, 4) is 11.3 Å². The number of halogens is 1. The Hall–Kier alpha value is -2.25. The van der Waals surface area contributed by atoms with E-state index >= 15 is 0 Å². The average Bonchev–Trinajstić information content (AvgIpc) is 3.26. The Morgan fingerprint density at radius 2 is 2.19 bits per heavy atom. The summed E-state index contributed by atoms with van der Waals surface area (Å²) in [5.41, 5.74) is 1.44. The van der Waals surface area contributed by atoms with E-state index < -0.39 is 0 Å². The van der Waals surface area contributed by atoms with E-state index in [-0.39, 0.29) is 17.8 Å². The maximum atomic E-state index is 13.1. The molecule has 2 saturated heterocycles. The molecule has 1 amide bonds. The third-order valence-corrected chi connectivity index (χ3v) is 5.16. The number of nitrogens with one attached hydrogen (secondary N) is 1. The first kappa shape index (κ1) is 17.2. The zero-order chi connectivity index (χ0) is 18.1. The van der Waals surface area contributed by atoms with Gasteiger partial charge in [-0.1, -0.05) is 5.16 Å². The molecular formula is C19H22FN3O3. The number of amides is 1. The number of rotatable bonds is 4. The maximum absolute atomic E-state index is 13.1. The van der Waals surface area contributed by atoms with Crippen LogP contribution in [-0.4, -0.2) is 54.4 Å². The Balaban J connectivity index is 1.43. The lowest BCUT2D eigenvalue weighted by Gasteiger charge is -2.35. The summed E-state index contributed by atoms with van der Waals surface area (Å²) in [6.07, 6.45) is 2.40. The standard InChI is InChI=1S/C19H22FN3O3/c1-12-17(18(22-26-12)13-4-6-14(20)7-5-13)19(24)21-9-16-10-23-8-2-3-15(23)11-25-16/h4-7,15-16H,2-3,8-11H2,1H3,(H,21,24)/t15-,16+/m1/s1. The number of carbonyl (C=O) groups is 1. The highest BCUT2D eigenvalue weighted by atomic mass is 19.1. The summed E-state index contributed by atoms with van der Waals surface area (Å²) in [6, 6.07) is 6.38. The van der Waals surface area contributed by atoms with E-state index in [1.807, 2.05) is 0 Å². The molecule has 0 saturated carbocycles. The van der Waals surface area contributed by atoms with Gasteiger partial charge in [-0.3, -0.25) is 9.69 Å². The molecule has 0 unspecified atom stereocenters. The lowest BCUT2D eigenvalue weighted by atomic mass is 10.1. The van der Waals surface area contributed by atoms with Crippen LogP contribution in [0.4, 0.5) is 4.39 Å². The normalized spacial score (nSPS) is 23.0. The maximum Gasteiger partial charge on any atom is 0.257 e. The highest BCUT2D eigenvalue weighted by molar-refractivity contribution is 6.00. The van der Waals surface area contributed by atoms with Crippen molar-refractivity contribution in [3.63, 3.8) is 0 Å². The summed E-state index contributed by atoms with van der Waals surface area (Å²) in [4.78, 5) is 15.1. The number of morpholine rings is 1. The Bertz CT molecular complexity index is 790. The number of aromatic nitrogens is 1. The summed E-state index contributed by atoms with van der Waals surface area (Å²) in [5, 5.41) is 6.91. The first-order valence-corrected chi connectivity index (χ1v) is 8.98. The van der Waals surface area contributed by atoms with Gasteiger partial charge in [-0.25, -0.2) is 4.39 Å². The average molecular weight is 359 g/mol. The molecule has 4 rings (SSSR count). The second-order valence-electron chi connectivity index (χ2n) is 6.93. The zero-order valence-electron chi connectivity index (χ0n) is 14.7. The molecule has 2 aliphatic heterocycles. The third kappa shape index (κ3) is 3.37. The number of fused-ring (bicyclic) bond motifs is 1. The number of ether oxygens (including phenoxy) is 1. The molecular weight excluding hydrogens is 337 g/mol. The molecule has 0 aliphatic carbocycles. The number of aryl methyl sites for hydroxylation is 1. The molecule has 0 spiro atoms. The molecule has 3 heterocycles. The molecule has 26 heavy (non-hydrogen) atoms. The van der Waals surface area contributed by atoms with Gasteiger partial charge in [-0.2, -0.15) is 0 Å². The lowest BCUT2D eigenvalue weighted by molar-refractivity contribution is -0.0461. The van der Waals surface area contributed by atoms with E-state index in [0.717, 1.165) is 19.7 Å². The molecule has 2 fully saturated rings. The van der Waals surface area contributed by atoms with E-state index in [1.54, 1.807) is 19.1 Å². The summed E-state index contributed by atoms with van der Waals surface area (Å²) >= 11 is 0. The highest BCUT2D eigenvalue weighted by Crippen LogP contribution is 2.26. The number of hydrogen-bond donors (Lipinski definition) is 1. The Morgan fingerprint density at radius 3 is 3.00 bits per heavy atom. The summed E-state index contributed by atoms with van der Waals surface area (Å²) in [7, 11) is 0. The van der Waals surface area contributed by atoms with Gasteiger partial charge in [0.15, 0.2) is 0 Å². The predicted molar refractivity (Wildman–Crippen MR) is 93.3 cm³/mol. The number of hydrogen-bond acceptors (Lipinski definition) is 5. The third-order valence-electron chi connectivity index (χ3n) is 5.16. The second-order valence-corrected chi connectivity index (χ2v) is 6.93. The van der Waals surface area contributed by atoms with Crippen LogP contribution in [0.15, 0.2) is 28.8 Å². The molecule has 7 heteroatoms. The molecule has 1 N–H and O–H groups in total. The summed E-state index contributed by atoms with van der Waals surface area (Å²) in [6.45, 7) is 4.82. The largest absolute Gasteiger partial charge is 0.373 e. The minimum atomic E-state index is -0.338. The van der Waals surface area contributed by atoms with Crippen LogP contribution in [0.2, 0.25) is 0 Å². The molecule has 0 bridgehead atoms. The monoisotopic (exact) mass is 359 g/mol. The van der Waals surface area contributed by atoms with Crippen LogP contribution in [0.5, 0.6) is 0 Å². The van der Waals surface area contributed by atoms with Gasteiger partial charge < -0.3 is 14.6 Å². The molecule has 0 radical (unpaired) electrons. The van der Waals surface area contributed by atoms with Crippen molar-refractivity contribution in [3.05, 3.63) is 41.4 Å². The van der Waals surface area contributed by atoms with Crippen LogP contribution in [0.25, 0.3) is 11.3 Å². The molecule has 6 nitrogen and oxygen atoms in total. The Morgan fingerprint density at radius 1 is 1.38 bits per heavy atom. The van der Waals surface area contributed by atoms with Crippen molar-refractivity contribution in [1.82, 2.24) is 15.4 Å². The van der Waals surface area contributed by atoms with Crippen molar-refractivity contribution in [2.24, 2.45) is 0 Å². The number of nitrogens with zero attached hydrogens (tertiary/aromatic N) is 2. The van der Waals surface area contributed by atoms with Gasteiger partial charge in [-0.15, -0.1) is 0 Å². The second kappa shape index (κ2) is 7.17. The summed E-state index contributed by atoms with van der Waals surface area (Å²) < 4.78 is 24.2.